The molecule has 2 unspecified atom stereocenters. The lowest BCUT2D eigenvalue weighted by atomic mass is 9.61. The molecule has 3 fully saturated rings. The number of hydrogen-bond acceptors (Lipinski definition) is 2. The van der Waals surface area contributed by atoms with Crippen LogP contribution < -0.4 is 0 Å². The zero-order valence-corrected chi connectivity index (χ0v) is 14.6. The van der Waals surface area contributed by atoms with Gasteiger partial charge in [0.15, 0.2) is 5.78 Å². The summed E-state index contributed by atoms with van der Waals surface area (Å²) in [6, 6.07) is 9.52. The molecule has 0 N–H and O–H groups in total. The summed E-state index contributed by atoms with van der Waals surface area (Å²) < 4.78 is 13.1. The van der Waals surface area contributed by atoms with Crippen molar-refractivity contribution in [3.63, 3.8) is 0 Å². The van der Waals surface area contributed by atoms with Crippen molar-refractivity contribution in [3.05, 3.63) is 30.3 Å². The van der Waals surface area contributed by atoms with Crippen LogP contribution in [0.25, 0.3) is 0 Å². The summed E-state index contributed by atoms with van der Waals surface area (Å²) in [4.78, 5) is 14.1. The van der Waals surface area contributed by atoms with Crippen molar-refractivity contribution in [2.45, 2.75) is 63.0 Å². The molecule has 3 aliphatic rings. The fourth-order valence-corrected chi connectivity index (χ4v) is 6.10. The van der Waals surface area contributed by atoms with Gasteiger partial charge >= 0.3 is 0 Å². The van der Waals surface area contributed by atoms with Crippen LogP contribution in [0, 0.1) is 16.7 Å². The SMILES string of the molecule is CC(C)C12CCC(C)(CC1)CC(S(=O)c1ccccc1)C2=O. The number of rotatable bonds is 3. The van der Waals surface area contributed by atoms with Crippen LogP contribution >= 0.6 is 0 Å². The van der Waals surface area contributed by atoms with E-state index in [0.29, 0.717) is 5.92 Å². The second kappa shape index (κ2) is 5.59. The molecular formula is C19H26O2S. The minimum Gasteiger partial charge on any atom is -0.298 e. The fourth-order valence-electron chi connectivity index (χ4n) is 4.36. The van der Waals surface area contributed by atoms with Gasteiger partial charge in [-0.05, 0) is 55.6 Å². The van der Waals surface area contributed by atoms with Gasteiger partial charge in [-0.25, -0.2) is 0 Å². The van der Waals surface area contributed by atoms with E-state index in [9.17, 15) is 9.00 Å². The Labute approximate surface area is 136 Å². The highest BCUT2D eigenvalue weighted by Gasteiger charge is 2.55. The second-order valence-electron chi connectivity index (χ2n) is 7.79. The van der Waals surface area contributed by atoms with Crippen LogP contribution in [-0.2, 0) is 15.6 Å². The average molecular weight is 318 g/mol. The number of Topliss-reactive ketones (excluding diaryl/α,β-unsaturated/α-hetero) is 1. The maximum Gasteiger partial charge on any atom is 0.155 e. The summed E-state index contributed by atoms with van der Waals surface area (Å²) in [7, 11) is -1.23. The third-order valence-corrected chi connectivity index (χ3v) is 7.78. The van der Waals surface area contributed by atoms with Crippen LogP contribution in [0.2, 0.25) is 0 Å². The zero-order valence-electron chi connectivity index (χ0n) is 13.8. The molecule has 0 radical (unpaired) electrons. The van der Waals surface area contributed by atoms with Gasteiger partial charge in [0.1, 0.15) is 0 Å². The maximum absolute atomic E-state index is 13.3. The molecule has 1 aromatic carbocycles. The van der Waals surface area contributed by atoms with Crippen molar-refractivity contribution in [2.75, 3.05) is 0 Å². The van der Waals surface area contributed by atoms with Crippen molar-refractivity contribution in [3.8, 4) is 0 Å². The molecule has 4 rings (SSSR count). The monoisotopic (exact) mass is 318 g/mol. The predicted octanol–water partition coefficient (Wildman–Crippen LogP) is 4.36. The largest absolute Gasteiger partial charge is 0.298 e. The number of benzene rings is 1. The molecule has 0 aliphatic heterocycles. The van der Waals surface area contributed by atoms with Crippen LogP contribution in [0.4, 0.5) is 0 Å². The number of ketones is 1. The molecule has 0 heterocycles. The van der Waals surface area contributed by atoms with Crippen molar-refractivity contribution < 1.29 is 9.00 Å². The lowest BCUT2D eigenvalue weighted by Crippen LogP contribution is -2.42. The lowest BCUT2D eigenvalue weighted by Gasteiger charge is -2.42. The van der Waals surface area contributed by atoms with Crippen LogP contribution in [0.15, 0.2) is 35.2 Å². The predicted molar refractivity (Wildman–Crippen MR) is 90.1 cm³/mol. The zero-order chi connectivity index (χ0) is 16.0. The first-order valence-electron chi connectivity index (χ1n) is 8.38. The third-order valence-electron chi connectivity index (χ3n) is 6.15. The Morgan fingerprint density at radius 2 is 1.68 bits per heavy atom. The molecule has 3 saturated carbocycles. The fraction of sp³-hybridized carbons (Fsp3) is 0.632. The third kappa shape index (κ3) is 2.47. The van der Waals surface area contributed by atoms with E-state index >= 15 is 0 Å². The summed E-state index contributed by atoms with van der Waals surface area (Å²) in [5.41, 5.74) is -0.0647. The first-order chi connectivity index (χ1) is 10.4. The number of fused-ring (bicyclic) bond motifs is 4. The molecule has 120 valence electrons. The van der Waals surface area contributed by atoms with Gasteiger partial charge in [0, 0.05) is 10.3 Å². The molecule has 0 aromatic heterocycles. The van der Waals surface area contributed by atoms with Gasteiger partial charge in [0.25, 0.3) is 0 Å². The van der Waals surface area contributed by atoms with Crippen molar-refractivity contribution in [1.82, 2.24) is 0 Å². The van der Waals surface area contributed by atoms with E-state index in [-0.39, 0.29) is 21.9 Å². The van der Waals surface area contributed by atoms with Crippen LogP contribution in [0.5, 0.6) is 0 Å². The minimum atomic E-state index is -1.23. The standard InChI is InChI=1S/C19H26O2S/c1-14(2)19-11-9-18(3,10-12-19)13-16(17(19)20)22(21)15-7-5-4-6-8-15/h4-8,14,16H,9-13H2,1-3H3. The molecule has 2 nitrogen and oxygen atoms in total. The average Bonchev–Trinajstić information content (AvgIpc) is 2.71. The Morgan fingerprint density at radius 1 is 1.09 bits per heavy atom. The topological polar surface area (TPSA) is 34.1 Å². The molecule has 3 heteroatoms. The Kier molecular flexibility index (Phi) is 4.05. The maximum atomic E-state index is 13.3. The molecule has 2 atom stereocenters. The number of hydrogen-bond donors (Lipinski definition) is 0. The van der Waals surface area contributed by atoms with Gasteiger partial charge in [-0.15, -0.1) is 0 Å². The highest BCUT2D eigenvalue weighted by atomic mass is 32.2. The molecule has 0 amide bonds. The molecule has 1 aromatic rings. The minimum absolute atomic E-state index is 0.180. The van der Waals surface area contributed by atoms with Crippen molar-refractivity contribution in [2.24, 2.45) is 16.7 Å². The van der Waals surface area contributed by atoms with Gasteiger partial charge in [0.2, 0.25) is 0 Å². The molecule has 2 bridgehead atoms. The normalized spacial score (nSPS) is 36.4. The lowest BCUT2D eigenvalue weighted by molar-refractivity contribution is -0.131. The van der Waals surface area contributed by atoms with Gasteiger partial charge in [-0.3, -0.25) is 9.00 Å². The summed E-state index contributed by atoms with van der Waals surface area (Å²) in [5.74, 6) is 0.601. The Balaban J connectivity index is 2.00. The van der Waals surface area contributed by atoms with Gasteiger partial charge in [-0.1, -0.05) is 39.0 Å². The van der Waals surface area contributed by atoms with Gasteiger partial charge in [0.05, 0.1) is 16.0 Å². The van der Waals surface area contributed by atoms with Crippen molar-refractivity contribution >= 4 is 16.6 Å². The molecule has 0 saturated heterocycles. The van der Waals surface area contributed by atoms with E-state index in [1.54, 1.807) is 0 Å². The first kappa shape index (κ1) is 15.9. The number of carbonyl (C=O) groups excluding carboxylic acids is 1. The van der Waals surface area contributed by atoms with Gasteiger partial charge < -0.3 is 0 Å². The number of carbonyl (C=O) groups is 1. The smallest absolute Gasteiger partial charge is 0.155 e. The van der Waals surface area contributed by atoms with Crippen molar-refractivity contribution in [1.29, 1.82) is 0 Å². The van der Waals surface area contributed by atoms with Gasteiger partial charge in [-0.2, -0.15) is 0 Å². The summed E-state index contributed by atoms with van der Waals surface area (Å²) in [5, 5.41) is -0.334. The molecule has 0 spiro atoms. The first-order valence-corrected chi connectivity index (χ1v) is 9.59. The quantitative estimate of drug-likeness (QED) is 0.830. The molecule has 22 heavy (non-hydrogen) atoms. The van der Waals surface area contributed by atoms with E-state index in [2.05, 4.69) is 20.8 Å². The van der Waals surface area contributed by atoms with Crippen LogP contribution in [-0.4, -0.2) is 15.2 Å². The highest BCUT2D eigenvalue weighted by Crippen LogP contribution is 2.56. The summed E-state index contributed by atoms with van der Waals surface area (Å²) >= 11 is 0. The van der Waals surface area contributed by atoms with Crippen LogP contribution in [0.3, 0.4) is 0 Å². The van der Waals surface area contributed by atoms with E-state index in [4.69, 9.17) is 0 Å². The van der Waals surface area contributed by atoms with E-state index < -0.39 is 10.8 Å². The highest BCUT2D eigenvalue weighted by molar-refractivity contribution is 7.86. The Morgan fingerprint density at radius 3 is 2.23 bits per heavy atom. The van der Waals surface area contributed by atoms with Crippen LogP contribution in [0.1, 0.15) is 52.9 Å². The molecular weight excluding hydrogens is 292 g/mol. The Hall–Kier alpha value is -0.960. The van der Waals surface area contributed by atoms with E-state index in [1.807, 2.05) is 30.3 Å². The Bertz CT molecular complexity index is 583. The summed E-state index contributed by atoms with van der Waals surface area (Å²) in [6.45, 7) is 6.60. The molecule has 3 aliphatic carbocycles. The second-order valence-corrected chi connectivity index (χ2v) is 9.42. The van der Waals surface area contributed by atoms with E-state index in [0.717, 1.165) is 37.0 Å². The summed E-state index contributed by atoms with van der Waals surface area (Å²) in [6.07, 6.45) is 4.92. The van der Waals surface area contributed by atoms with E-state index in [1.165, 1.54) is 0 Å².